The summed E-state index contributed by atoms with van der Waals surface area (Å²) in [6.07, 6.45) is 9.47. The third kappa shape index (κ3) is 3.89. The van der Waals surface area contributed by atoms with E-state index in [4.69, 9.17) is 4.74 Å². The van der Waals surface area contributed by atoms with Crippen molar-refractivity contribution in [3.05, 3.63) is 18.0 Å². The van der Waals surface area contributed by atoms with Gasteiger partial charge in [0.05, 0.1) is 12.2 Å². The van der Waals surface area contributed by atoms with Gasteiger partial charge in [-0.3, -0.25) is 4.68 Å². The fraction of sp³-hybridized carbons (Fsp3) is 0.824. The minimum Gasteiger partial charge on any atom is -0.387 e. The molecule has 0 radical (unpaired) electrons. The molecule has 1 aliphatic heterocycles. The number of nitrogens with one attached hydrogen (secondary N) is 1. The number of rotatable bonds is 5. The summed E-state index contributed by atoms with van der Waals surface area (Å²) in [5.74, 6) is 0.611. The van der Waals surface area contributed by atoms with Gasteiger partial charge in [-0.1, -0.05) is 6.42 Å². The summed E-state index contributed by atoms with van der Waals surface area (Å²) in [5, 5.41) is 18.4. The van der Waals surface area contributed by atoms with Crippen molar-refractivity contribution >= 4 is 0 Å². The molecule has 2 fully saturated rings. The SMILES string of the molecule is Cn1nccc1C1CCCC(NCCC2(O)CCCOC2)C1. The van der Waals surface area contributed by atoms with Crippen LogP contribution in [0.25, 0.3) is 0 Å². The van der Waals surface area contributed by atoms with Crippen LogP contribution < -0.4 is 5.32 Å². The van der Waals surface area contributed by atoms with E-state index in [1.807, 2.05) is 17.9 Å². The molecule has 124 valence electrons. The van der Waals surface area contributed by atoms with E-state index in [0.717, 1.165) is 32.4 Å². The highest BCUT2D eigenvalue weighted by molar-refractivity contribution is 5.09. The van der Waals surface area contributed by atoms with E-state index in [2.05, 4.69) is 16.5 Å². The first-order valence-corrected chi connectivity index (χ1v) is 8.68. The highest BCUT2D eigenvalue weighted by atomic mass is 16.5. The van der Waals surface area contributed by atoms with Gasteiger partial charge in [0.1, 0.15) is 0 Å². The van der Waals surface area contributed by atoms with Crippen LogP contribution in [0.5, 0.6) is 0 Å². The van der Waals surface area contributed by atoms with Crippen molar-refractivity contribution in [2.75, 3.05) is 19.8 Å². The Morgan fingerprint density at radius 1 is 1.45 bits per heavy atom. The van der Waals surface area contributed by atoms with E-state index in [1.54, 1.807) is 0 Å². The van der Waals surface area contributed by atoms with Gasteiger partial charge in [-0.2, -0.15) is 5.10 Å². The van der Waals surface area contributed by atoms with Crippen molar-refractivity contribution in [3.63, 3.8) is 0 Å². The maximum atomic E-state index is 10.5. The quantitative estimate of drug-likeness (QED) is 0.873. The molecule has 2 N–H and O–H groups in total. The van der Waals surface area contributed by atoms with Crippen LogP contribution in [0.3, 0.4) is 0 Å². The van der Waals surface area contributed by atoms with E-state index < -0.39 is 5.60 Å². The van der Waals surface area contributed by atoms with Crippen LogP contribution in [0.4, 0.5) is 0 Å². The molecule has 1 aliphatic carbocycles. The maximum Gasteiger partial charge on any atom is 0.0893 e. The van der Waals surface area contributed by atoms with Gasteiger partial charge in [0.2, 0.25) is 0 Å². The van der Waals surface area contributed by atoms with E-state index in [1.165, 1.54) is 31.4 Å². The van der Waals surface area contributed by atoms with Crippen LogP contribution in [0.2, 0.25) is 0 Å². The molecule has 2 aliphatic rings. The van der Waals surface area contributed by atoms with Crippen LogP contribution >= 0.6 is 0 Å². The van der Waals surface area contributed by atoms with Gasteiger partial charge in [-0.25, -0.2) is 0 Å². The Kier molecular flexibility index (Phi) is 5.16. The third-order valence-corrected chi connectivity index (χ3v) is 5.28. The Hall–Kier alpha value is -0.910. The Bertz CT molecular complexity index is 468. The first-order chi connectivity index (χ1) is 10.7. The van der Waals surface area contributed by atoms with Crippen molar-refractivity contribution in [1.29, 1.82) is 0 Å². The Morgan fingerprint density at radius 3 is 3.09 bits per heavy atom. The van der Waals surface area contributed by atoms with Gasteiger partial charge in [0.15, 0.2) is 0 Å². The summed E-state index contributed by atoms with van der Waals surface area (Å²) in [7, 11) is 2.03. The minimum atomic E-state index is -0.610. The lowest BCUT2D eigenvalue weighted by Gasteiger charge is -2.34. The average molecular weight is 307 g/mol. The van der Waals surface area contributed by atoms with Gasteiger partial charge in [0, 0.05) is 37.5 Å². The fourth-order valence-corrected chi connectivity index (χ4v) is 3.97. The molecule has 1 saturated carbocycles. The van der Waals surface area contributed by atoms with E-state index in [0.29, 0.717) is 18.6 Å². The van der Waals surface area contributed by atoms with Crippen LogP contribution in [-0.2, 0) is 11.8 Å². The minimum absolute atomic E-state index is 0.497. The lowest BCUT2D eigenvalue weighted by molar-refractivity contribution is -0.0893. The molecule has 1 aromatic rings. The predicted octanol–water partition coefficient (Wildman–Crippen LogP) is 1.97. The highest BCUT2D eigenvalue weighted by Crippen LogP contribution is 2.32. The molecular formula is C17H29N3O2. The first-order valence-electron chi connectivity index (χ1n) is 8.68. The lowest BCUT2D eigenvalue weighted by Crippen LogP contribution is -2.43. The Morgan fingerprint density at radius 2 is 2.36 bits per heavy atom. The summed E-state index contributed by atoms with van der Waals surface area (Å²) in [5.41, 5.74) is 0.743. The molecule has 5 heteroatoms. The molecule has 0 aromatic carbocycles. The van der Waals surface area contributed by atoms with Crippen molar-refractivity contribution < 1.29 is 9.84 Å². The van der Waals surface area contributed by atoms with Gasteiger partial charge in [-0.05, 0) is 51.1 Å². The predicted molar refractivity (Wildman–Crippen MR) is 85.8 cm³/mol. The van der Waals surface area contributed by atoms with Crippen molar-refractivity contribution in [3.8, 4) is 0 Å². The van der Waals surface area contributed by atoms with E-state index in [9.17, 15) is 5.11 Å². The fourth-order valence-electron chi connectivity index (χ4n) is 3.97. The smallest absolute Gasteiger partial charge is 0.0893 e. The van der Waals surface area contributed by atoms with Crippen LogP contribution in [0.1, 0.15) is 56.6 Å². The first kappa shape index (κ1) is 16.0. The van der Waals surface area contributed by atoms with Crippen LogP contribution in [0.15, 0.2) is 12.3 Å². The van der Waals surface area contributed by atoms with Crippen molar-refractivity contribution in [1.82, 2.24) is 15.1 Å². The zero-order chi connectivity index (χ0) is 15.4. The van der Waals surface area contributed by atoms with Crippen LogP contribution in [0, 0.1) is 0 Å². The number of aliphatic hydroxyl groups is 1. The standard InChI is InChI=1S/C17H29N3O2/c1-20-16(6-9-19-20)14-4-2-5-15(12-14)18-10-8-17(21)7-3-11-22-13-17/h6,9,14-15,18,21H,2-5,7-8,10-13H2,1H3. The molecule has 3 unspecified atom stereocenters. The van der Waals surface area contributed by atoms with Crippen LogP contribution in [-0.4, -0.2) is 46.3 Å². The summed E-state index contributed by atoms with van der Waals surface area (Å²) in [6.45, 7) is 2.17. The Balaban J connectivity index is 1.45. The lowest BCUT2D eigenvalue weighted by atomic mass is 9.83. The molecule has 1 saturated heterocycles. The molecule has 0 bridgehead atoms. The number of hydrogen-bond acceptors (Lipinski definition) is 4. The molecule has 0 spiro atoms. The molecule has 0 amide bonds. The van der Waals surface area contributed by atoms with E-state index >= 15 is 0 Å². The third-order valence-electron chi connectivity index (χ3n) is 5.28. The number of hydrogen-bond donors (Lipinski definition) is 2. The summed E-state index contributed by atoms with van der Waals surface area (Å²) >= 11 is 0. The highest BCUT2D eigenvalue weighted by Gasteiger charge is 2.30. The number of aryl methyl sites for hydroxylation is 1. The summed E-state index contributed by atoms with van der Waals surface area (Å²) < 4.78 is 7.43. The molecule has 3 rings (SSSR count). The molecule has 3 atom stereocenters. The van der Waals surface area contributed by atoms with Gasteiger partial charge < -0.3 is 15.2 Å². The molecular weight excluding hydrogens is 278 g/mol. The molecule has 1 aromatic heterocycles. The number of aromatic nitrogens is 2. The number of nitrogens with zero attached hydrogens (tertiary/aromatic N) is 2. The Labute approximate surface area is 133 Å². The monoisotopic (exact) mass is 307 g/mol. The van der Waals surface area contributed by atoms with Gasteiger partial charge in [0.25, 0.3) is 0 Å². The largest absolute Gasteiger partial charge is 0.387 e. The molecule has 2 heterocycles. The normalized spacial score (nSPS) is 33.0. The van der Waals surface area contributed by atoms with Crippen molar-refractivity contribution in [2.24, 2.45) is 7.05 Å². The average Bonchev–Trinajstić information content (AvgIpc) is 2.94. The zero-order valence-corrected chi connectivity index (χ0v) is 13.6. The summed E-state index contributed by atoms with van der Waals surface area (Å²) in [4.78, 5) is 0. The summed E-state index contributed by atoms with van der Waals surface area (Å²) in [6, 6.07) is 2.71. The van der Waals surface area contributed by atoms with E-state index in [-0.39, 0.29) is 0 Å². The maximum absolute atomic E-state index is 10.5. The zero-order valence-electron chi connectivity index (χ0n) is 13.6. The van der Waals surface area contributed by atoms with Crippen molar-refractivity contribution in [2.45, 2.75) is 62.5 Å². The molecule has 22 heavy (non-hydrogen) atoms. The topological polar surface area (TPSA) is 59.3 Å². The number of ether oxygens (including phenoxy) is 1. The second-order valence-electron chi connectivity index (χ2n) is 7.02. The molecule has 5 nitrogen and oxygen atoms in total. The second kappa shape index (κ2) is 7.11. The van der Waals surface area contributed by atoms with Gasteiger partial charge in [-0.15, -0.1) is 0 Å². The second-order valence-corrected chi connectivity index (χ2v) is 7.02. The van der Waals surface area contributed by atoms with Gasteiger partial charge >= 0.3 is 0 Å².